The van der Waals surface area contributed by atoms with E-state index >= 15 is 0 Å². The van der Waals surface area contributed by atoms with E-state index in [0.29, 0.717) is 49.0 Å². The third-order valence-corrected chi connectivity index (χ3v) is 9.04. The number of hydrogen-bond acceptors (Lipinski definition) is 13. The molecule has 0 aliphatic carbocycles. The van der Waals surface area contributed by atoms with E-state index in [2.05, 4.69) is 10.6 Å². The quantitative estimate of drug-likeness (QED) is 0.0739. The summed E-state index contributed by atoms with van der Waals surface area (Å²) in [6, 6.07) is 8.63. The molecular formula is C39H50N4O12. The van der Waals surface area contributed by atoms with Crippen LogP contribution in [0.15, 0.2) is 35.1 Å². The number of rotatable bonds is 18. The van der Waals surface area contributed by atoms with Gasteiger partial charge in [-0.2, -0.15) is 0 Å². The van der Waals surface area contributed by atoms with Crippen LogP contribution in [0.1, 0.15) is 82.9 Å². The zero-order chi connectivity index (χ0) is 39.6. The number of esters is 2. The molecule has 16 heteroatoms. The van der Waals surface area contributed by atoms with Gasteiger partial charge in [0.05, 0.1) is 61.9 Å². The van der Waals surface area contributed by atoms with Crippen molar-refractivity contribution in [3.63, 3.8) is 0 Å². The van der Waals surface area contributed by atoms with Gasteiger partial charge in [0, 0.05) is 29.6 Å². The lowest BCUT2D eigenvalue weighted by Gasteiger charge is -2.31. The van der Waals surface area contributed by atoms with Gasteiger partial charge in [-0.15, -0.1) is 0 Å². The Hall–Kier alpha value is -5.06. The van der Waals surface area contributed by atoms with Crippen LogP contribution in [-0.2, 0) is 52.0 Å². The first-order valence-electron chi connectivity index (χ1n) is 18.6. The second-order valence-corrected chi connectivity index (χ2v) is 14.3. The predicted octanol–water partition coefficient (Wildman–Crippen LogP) is 4.22. The number of aliphatic hydroxyl groups is 1. The van der Waals surface area contributed by atoms with Gasteiger partial charge in [0.1, 0.15) is 24.6 Å². The van der Waals surface area contributed by atoms with Crippen LogP contribution >= 0.6 is 0 Å². The molecule has 4 heterocycles. The van der Waals surface area contributed by atoms with Gasteiger partial charge in [-0.3, -0.25) is 9.59 Å². The molecule has 0 saturated heterocycles. The van der Waals surface area contributed by atoms with Crippen LogP contribution in [0.4, 0.5) is 9.59 Å². The van der Waals surface area contributed by atoms with Crippen molar-refractivity contribution in [2.45, 2.75) is 90.6 Å². The van der Waals surface area contributed by atoms with Crippen molar-refractivity contribution < 1.29 is 52.7 Å². The van der Waals surface area contributed by atoms with Crippen LogP contribution in [0.25, 0.3) is 22.3 Å². The Morgan fingerprint density at radius 2 is 1.62 bits per heavy atom. The van der Waals surface area contributed by atoms with Crippen molar-refractivity contribution in [3.8, 4) is 17.1 Å². The van der Waals surface area contributed by atoms with Crippen molar-refractivity contribution in [2.75, 3.05) is 46.1 Å². The van der Waals surface area contributed by atoms with Crippen LogP contribution in [-0.4, -0.2) is 90.5 Å². The normalized spacial score (nSPS) is 15.8. The molecule has 2 aliphatic heterocycles. The number of unbranched alkanes of at least 4 members (excludes halogenated alkanes) is 3. The zero-order valence-electron chi connectivity index (χ0n) is 31.8. The van der Waals surface area contributed by atoms with E-state index < -0.39 is 29.4 Å². The third-order valence-electron chi connectivity index (χ3n) is 9.04. The van der Waals surface area contributed by atoms with Crippen molar-refractivity contribution in [1.29, 1.82) is 0 Å². The largest absolute Gasteiger partial charge is 0.460 e. The maximum absolute atomic E-state index is 13.4. The highest BCUT2D eigenvalue weighted by molar-refractivity contribution is 5.87. The van der Waals surface area contributed by atoms with Gasteiger partial charge in [-0.25, -0.2) is 19.4 Å². The number of cyclic esters (lactones) is 1. The van der Waals surface area contributed by atoms with Gasteiger partial charge in [0.15, 0.2) is 5.60 Å². The highest BCUT2D eigenvalue weighted by atomic mass is 16.6. The summed E-state index contributed by atoms with van der Waals surface area (Å²) in [5.41, 5.74) is 0.285. The van der Waals surface area contributed by atoms with Crippen LogP contribution in [0.3, 0.4) is 0 Å². The monoisotopic (exact) mass is 766 g/mol. The molecule has 0 spiro atoms. The zero-order valence-corrected chi connectivity index (χ0v) is 31.8. The lowest BCUT2D eigenvalue weighted by molar-refractivity contribution is -0.172. The summed E-state index contributed by atoms with van der Waals surface area (Å²) in [7, 11) is 0. The molecule has 0 radical (unpaired) electrons. The smallest absolute Gasteiger partial charge is 0.412 e. The molecule has 5 rings (SSSR count). The highest BCUT2D eigenvalue weighted by Crippen LogP contribution is 2.39. The molecule has 16 nitrogen and oxygen atoms in total. The molecular weight excluding hydrogens is 716 g/mol. The fraction of sp³-hybridized carbons (Fsp3) is 0.538. The van der Waals surface area contributed by atoms with Crippen molar-refractivity contribution >= 4 is 35.0 Å². The van der Waals surface area contributed by atoms with E-state index in [4.69, 9.17) is 33.4 Å². The Kier molecular flexibility index (Phi) is 13.8. The minimum absolute atomic E-state index is 0.0632. The first-order chi connectivity index (χ1) is 26.3. The molecule has 3 N–H and O–H groups in total. The molecule has 55 heavy (non-hydrogen) atoms. The van der Waals surface area contributed by atoms with E-state index in [9.17, 15) is 29.1 Å². The SMILES string of the molecule is CC[C@@]1(O)C(=O)OCc2c1cc1n(c2=O)Cc2cc3cc(OC(=O)NCCCCCCNC(=O)OCCOCCOCCC(=O)OC(C)(C)C)ccc3nc2-1. The number of alkyl carbamates (subject to hydrolysis) is 1. The number of nitrogens with zero attached hydrogens (tertiary/aromatic N) is 2. The molecule has 1 atom stereocenters. The maximum Gasteiger partial charge on any atom is 0.412 e. The molecule has 0 unspecified atom stereocenters. The van der Waals surface area contributed by atoms with Crippen molar-refractivity contribution in [3.05, 3.63) is 57.4 Å². The number of benzene rings is 1. The van der Waals surface area contributed by atoms with E-state index in [1.165, 1.54) is 0 Å². The second kappa shape index (κ2) is 18.5. The molecule has 2 aromatic heterocycles. The second-order valence-electron chi connectivity index (χ2n) is 14.3. The van der Waals surface area contributed by atoms with Crippen LogP contribution < -0.4 is 20.9 Å². The Labute approximate surface area is 318 Å². The van der Waals surface area contributed by atoms with Gasteiger partial charge in [0.25, 0.3) is 5.56 Å². The third kappa shape index (κ3) is 10.8. The van der Waals surface area contributed by atoms with Gasteiger partial charge < -0.3 is 48.7 Å². The summed E-state index contributed by atoms with van der Waals surface area (Å²) in [4.78, 5) is 66.5. The summed E-state index contributed by atoms with van der Waals surface area (Å²) in [6.07, 6.45) is 2.30. The Morgan fingerprint density at radius 3 is 2.33 bits per heavy atom. The van der Waals surface area contributed by atoms with Crippen LogP contribution in [0, 0.1) is 0 Å². The predicted molar refractivity (Wildman–Crippen MR) is 198 cm³/mol. The van der Waals surface area contributed by atoms with E-state index in [-0.39, 0.29) is 68.5 Å². The van der Waals surface area contributed by atoms with Gasteiger partial charge in [0.2, 0.25) is 0 Å². The van der Waals surface area contributed by atoms with Crippen molar-refractivity contribution in [1.82, 2.24) is 20.2 Å². The van der Waals surface area contributed by atoms with Gasteiger partial charge in [-0.1, -0.05) is 19.8 Å². The Bertz CT molecular complexity index is 1940. The number of nitrogens with one attached hydrogen (secondary N) is 2. The van der Waals surface area contributed by atoms with Crippen LogP contribution in [0.2, 0.25) is 0 Å². The van der Waals surface area contributed by atoms with E-state index in [1.54, 1.807) is 35.8 Å². The molecule has 298 valence electrons. The average molecular weight is 767 g/mol. The number of amides is 2. The van der Waals surface area contributed by atoms with E-state index in [1.807, 2.05) is 26.8 Å². The minimum Gasteiger partial charge on any atom is -0.460 e. The average Bonchev–Trinajstić information content (AvgIpc) is 3.49. The summed E-state index contributed by atoms with van der Waals surface area (Å²) in [6.45, 7) is 9.25. The fourth-order valence-electron chi connectivity index (χ4n) is 6.27. The van der Waals surface area contributed by atoms with Gasteiger partial charge in [-0.05, 0) is 70.4 Å². The molecule has 2 aliphatic rings. The number of pyridine rings is 2. The number of fused-ring (bicyclic) bond motifs is 5. The summed E-state index contributed by atoms with van der Waals surface area (Å²) >= 11 is 0. The molecule has 3 aromatic rings. The summed E-state index contributed by atoms with van der Waals surface area (Å²) < 4.78 is 33.2. The maximum atomic E-state index is 13.4. The topological polar surface area (TPSA) is 203 Å². The number of carbonyl (C=O) groups is 4. The summed E-state index contributed by atoms with van der Waals surface area (Å²) in [5, 5.41) is 17.2. The standard InChI is InChI=1S/C39H50N4O12/c1-5-39(49)29-22-31-33-26(23-43(31)34(45)28(29)24-53-35(39)46)20-25-21-27(10-11-30(25)42-33)54-37(48)41-14-9-7-6-8-13-40-36(47)52-19-18-51-17-16-50-15-12-32(44)55-38(2,3)4/h10-11,20-22,49H,5-9,12-19,23-24H2,1-4H3,(H,40,47)(H,41,48)/t39-/m0/s1. The Morgan fingerprint density at radius 1 is 0.927 bits per heavy atom. The summed E-state index contributed by atoms with van der Waals surface area (Å²) in [5.74, 6) is -0.748. The van der Waals surface area contributed by atoms with Gasteiger partial charge >= 0.3 is 24.1 Å². The lowest BCUT2D eigenvalue weighted by atomic mass is 9.86. The lowest BCUT2D eigenvalue weighted by Crippen LogP contribution is -2.44. The highest BCUT2D eigenvalue weighted by Gasteiger charge is 2.45. The number of hydrogen-bond donors (Lipinski definition) is 3. The number of carbonyl (C=O) groups excluding carboxylic acids is 4. The van der Waals surface area contributed by atoms with Crippen LogP contribution in [0.5, 0.6) is 5.75 Å². The Balaban J connectivity index is 0.937. The first-order valence-corrected chi connectivity index (χ1v) is 18.6. The molecule has 0 fully saturated rings. The minimum atomic E-state index is -1.89. The number of ether oxygens (including phenoxy) is 6. The molecule has 0 bridgehead atoms. The van der Waals surface area contributed by atoms with E-state index in [0.717, 1.165) is 36.6 Å². The fourth-order valence-corrected chi connectivity index (χ4v) is 6.27. The first kappa shape index (κ1) is 41.1. The molecule has 2 amide bonds. The van der Waals surface area contributed by atoms with Crippen molar-refractivity contribution in [2.24, 2.45) is 0 Å². The molecule has 0 saturated carbocycles. The number of aromatic nitrogens is 2. The molecule has 1 aromatic carbocycles.